The minimum atomic E-state index is 0.314. The molecule has 2 saturated heterocycles. The van der Waals surface area contributed by atoms with E-state index >= 15 is 0 Å². The topological polar surface area (TPSA) is 23.6 Å². The van der Waals surface area contributed by atoms with Gasteiger partial charge in [-0.3, -0.25) is 9.69 Å². The number of hydrogen-bond acceptors (Lipinski definition) is 4. The number of fused-ring (bicyclic) bond motifs is 1. The van der Waals surface area contributed by atoms with Gasteiger partial charge in [0.2, 0.25) is 0 Å². The van der Waals surface area contributed by atoms with E-state index in [9.17, 15) is 4.79 Å². The van der Waals surface area contributed by atoms with Gasteiger partial charge in [0.25, 0.3) is 0 Å². The maximum absolute atomic E-state index is 11.9. The standard InChI is InChI=1S/C15H22N2OS/c18-14(15-6-3-11-19-15)5-2-7-16-9-10-17-8-1-4-13(17)12-16/h3,6,11,13H,1-2,4-5,7-10,12H2. The summed E-state index contributed by atoms with van der Waals surface area (Å²) in [6, 6.07) is 4.68. The normalized spacial score (nSPS) is 24.5. The van der Waals surface area contributed by atoms with Crippen molar-refractivity contribution in [2.75, 3.05) is 32.7 Å². The van der Waals surface area contributed by atoms with Crippen molar-refractivity contribution in [2.45, 2.75) is 31.7 Å². The number of rotatable bonds is 5. The summed E-state index contributed by atoms with van der Waals surface area (Å²) in [6.07, 6.45) is 4.44. The van der Waals surface area contributed by atoms with E-state index in [2.05, 4.69) is 9.80 Å². The maximum Gasteiger partial charge on any atom is 0.172 e. The third-order valence-electron chi connectivity index (χ3n) is 4.35. The van der Waals surface area contributed by atoms with E-state index in [0.29, 0.717) is 12.2 Å². The first-order valence-electron chi connectivity index (χ1n) is 7.36. The number of hydrogen-bond donors (Lipinski definition) is 0. The van der Waals surface area contributed by atoms with Gasteiger partial charge in [-0.1, -0.05) is 6.07 Å². The molecule has 0 bridgehead atoms. The van der Waals surface area contributed by atoms with E-state index in [-0.39, 0.29) is 0 Å². The van der Waals surface area contributed by atoms with Crippen LogP contribution in [0.4, 0.5) is 0 Å². The lowest BCUT2D eigenvalue weighted by Gasteiger charge is -2.37. The number of Topliss-reactive ketones (excluding diaryl/α,β-unsaturated/α-hetero) is 1. The summed E-state index contributed by atoms with van der Waals surface area (Å²) < 4.78 is 0. The molecule has 104 valence electrons. The highest BCUT2D eigenvalue weighted by Gasteiger charge is 2.30. The molecule has 4 heteroatoms. The van der Waals surface area contributed by atoms with Crippen LogP contribution in [0.3, 0.4) is 0 Å². The average Bonchev–Trinajstić information content (AvgIpc) is 3.09. The fourth-order valence-electron chi connectivity index (χ4n) is 3.28. The zero-order valence-electron chi connectivity index (χ0n) is 11.4. The summed E-state index contributed by atoms with van der Waals surface area (Å²) in [7, 11) is 0. The van der Waals surface area contributed by atoms with Crippen LogP contribution >= 0.6 is 11.3 Å². The third-order valence-corrected chi connectivity index (χ3v) is 5.26. The van der Waals surface area contributed by atoms with Crippen molar-refractivity contribution >= 4 is 17.1 Å². The second-order valence-electron chi connectivity index (χ2n) is 5.64. The van der Waals surface area contributed by atoms with Gasteiger partial charge < -0.3 is 4.90 Å². The summed E-state index contributed by atoms with van der Waals surface area (Å²) >= 11 is 1.56. The zero-order valence-corrected chi connectivity index (χ0v) is 12.2. The van der Waals surface area contributed by atoms with Crippen LogP contribution in [0.5, 0.6) is 0 Å². The predicted molar refractivity (Wildman–Crippen MR) is 78.9 cm³/mol. The number of thiophene rings is 1. The first kappa shape index (κ1) is 13.3. The van der Waals surface area contributed by atoms with Gasteiger partial charge in [-0.25, -0.2) is 0 Å². The second-order valence-corrected chi connectivity index (χ2v) is 6.58. The highest BCUT2D eigenvalue weighted by Crippen LogP contribution is 2.21. The molecule has 0 aliphatic carbocycles. The van der Waals surface area contributed by atoms with Crippen molar-refractivity contribution in [1.82, 2.24) is 9.80 Å². The lowest BCUT2D eigenvalue weighted by Crippen LogP contribution is -2.50. The number of carbonyl (C=O) groups is 1. The quantitative estimate of drug-likeness (QED) is 0.773. The van der Waals surface area contributed by atoms with Crippen LogP contribution in [0, 0.1) is 0 Å². The smallest absolute Gasteiger partial charge is 0.172 e. The minimum absolute atomic E-state index is 0.314. The molecule has 3 heterocycles. The first-order valence-corrected chi connectivity index (χ1v) is 8.24. The molecule has 0 spiro atoms. The lowest BCUT2D eigenvalue weighted by atomic mass is 10.1. The predicted octanol–water partition coefficient (Wildman–Crippen LogP) is 2.49. The molecule has 0 N–H and O–H groups in total. The van der Waals surface area contributed by atoms with E-state index in [0.717, 1.165) is 23.9 Å². The second kappa shape index (κ2) is 6.16. The highest BCUT2D eigenvalue weighted by molar-refractivity contribution is 7.12. The Hall–Kier alpha value is -0.710. The first-order chi connectivity index (χ1) is 9.33. The average molecular weight is 278 g/mol. The Bertz CT molecular complexity index is 418. The van der Waals surface area contributed by atoms with Crippen molar-refractivity contribution in [2.24, 2.45) is 0 Å². The Balaban J connectivity index is 1.39. The minimum Gasteiger partial charge on any atom is -0.300 e. The number of ketones is 1. The highest BCUT2D eigenvalue weighted by atomic mass is 32.1. The molecule has 0 aromatic carbocycles. The molecule has 2 aliphatic heterocycles. The molecule has 3 nitrogen and oxygen atoms in total. The molecule has 1 atom stereocenters. The molecule has 1 aromatic heterocycles. The van der Waals surface area contributed by atoms with Crippen LogP contribution in [0.15, 0.2) is 17.5 Å². The van der Waals surface area contributed by atoms with Gasteiger partial charge >= 0.3 is 0 Å². The number of piperazine rings is 1. The number of nitrogens with zero attached hydrogens (tertiary/aromatic N) is 2. The van der Waals surface area contributed by atoms with Crippen LogP contribution in [0.1, 0.15) is 35.4 Å². The Morgan fingerprint density at radius 1 is 1.37 bits per heavy atom. The summed E-state index contributed by atoms with van der Waals surface area (Å²) in [5, 5.41) is 1.98. The molecular weight excluding hydrogens is 256 g/mol. The van der Waals surface area contributed by atoms with E-state index in [4.69, 9.17) is 0 Å². The molecule has 2 fully saturated rings. The fourth-order valence-corrected chi connectivity index (χ4v) is 3.98. The molecule has 1 aromatic rings. The maximum atomic E-state index is 11.9. The summed E-state index contributed by atoms with van der Waals surface area (Å²) in [6.45, 7) is 6.01. The Labute approximate surface area is 119 Å². The van der Waals surface area contributed by atoms with Crippen molar-refractivity contribution in [3.05, 3.63) is 22.4 Å². The van der Waals surface area contributed by atoms with E-state index in [1.165, 1.54) is 39.0 Å². The van der Waals surface area contributed by atoms with Gasteiger partial charge in [-0.2, -0.15) is 0 Å². The van der Waals surface area contributed by atoms with E-state index < -0.39 is 0 Å². The van der Waals surface area contributed by atoms with Crippen LogP contribution in [-0.4, -0.2) is 54.3 Å². The monoisotopic (exact) mass is 278 g/mol. The zero-order chi connectivity index (χ0) is 13.1. The van der Waals surface area contributed by atoms with Crippen LogP contribution in [-0.2, 0) is 0 Å². The van der Waals surface area contributed by atoms with Crippen LogP contribution in [0.25, 0.3) is 0 Å². The van der Waals surface area contributed by atoms with Gasteiger partial charge in [0.1, 0.15) is 0 Å². The largest absolute Gasteiger partial charge is 0.300 e. The Morgan fingerprint density at radius 2 is 2.32 bits per heavy atom. The van der Waals surface area contributed by atoms with Gasteiger partial charge in [-0.05, 0) is 43.8 Å². The van der Waals surface area contributed by atoms with Crippen molar-refractivity contribution in [3.8, 4) is 0 Å². The van der Waals surface area contributed by atoms with Crippen molar-refractivity contribution in [3.63, 3.8) is 0 Å². The molecule has 0 amide bonds. The molecular formula is C15H22N2OS. The van der Waals surface area contributed by atoms with Crippen molar-refractivity contribution < 1.29 is 4.79 Å². The number of carbonyl (C=O) groups excluding carboxylic acids is 1. The van der Waals surface area contributed by atoms with Gasteiger partial charge in [0.15, 0.2) is 5.78 Å². The van der Waals surface area contributed by atoms with Crippen LogP contribution < -0.4 is 0 Å². The van der Waals surface area contributed by atoms with E-state index in [1.54, 1.807) is 11.3 Å². The Morgan fingerprint density at radius 3 is 3.16 bits per heavy atom. The summed E-state index contributed by atoms with van der Waals surface area (Å²) in [5.41, 5.74) is 0. The van der Waals surface area contributed by atoms with Crippen molar-refractivity contribution in [1.29, 1.82) is 0 Å². The molecule has 19 heavy (non-hydrogen) atoms. The van der Waals surface area contributed by atoms with Crippen LogP contribution in [0.2, 0.25) is 0 Å². The molecule has 0 saturated carbocycles. The summed E-state index contributed by atoms with van der Waals surface area (Å²) in [4.78, 5) is 18.0. The van der Waals surface area contributed by atoms with Gasteiger partial charge in [-0.15, -0.1) is 11.3 Å². The van der Waals surface area contributed by atoms with Gasteiger partial charge in [0, 0.05) is 32.1 Å². The third kappa shape index (κ3) is 3.25. The van der Waals surface area contributed by atoms with E-state index in [1.807, 2.05) is 17.5 Å². The molecule has 0 radical (unpaired) electrons. The molecule has 2 aliphatic rings. The Kier molecular flexibility index (Phi) is 4.31. The lowest BCUT2D eigenvalue weighted by molar-refractivity contribution is 0.0930. The molecule has 1 unspecified atom stereocenters. The fraction of sp³-hybridized carbons (Fsp3) is 0.667. The SMILES string of the molecule is O=C(CCCN1CCN2CCCC2C1)c1cccs1. The van der Waals surface area contributed by atoms with Gasteiger partial charge in [0.05, 0.1) is 4.88 Å². The summed E-state index contributed by atoms with van der Waals surface area (Å²) in [5.74, 6) is 0.314. The molecule has 3 rings (SSSR count).